The summed E-state index contributed by atoms with van der Waals surface area (Å²) in [5.41, 5.74) is 1.50. The van der Waals surface area contributed by atoms with Crippen LogP contribution in [0.25, 0.3) is 0 Å². The second kappa shape index (κ2) is 8.65. The molecule has 168 valence electrons. The van der Waals surface area contributed by atoms with Crippen molar-refractivity contribution >= 4 is 35.4 Å². The van der Waals surface area contributed by atoms with E-state index in [2.05, 4.69) is 16.0 Å². The molecule has 3 N–H and O–H groups in total. The van der Waals surface area contributed by atoms with E-state index >= 15 is 0 Å². The maximum Gasteiger partial charge on any atom is 0.261 e. The van der Waals surface area contributed by atoms with Gasteiger partial charge in [-0.25, -0.2) is 0 Å². The van der Waals surface area contributed by atoms with Crippen molar-refractivity contribution < 1.29 is 28.8 Å². The van der Waals surface area contributed by atoms with Gasteiger partial charge in [-0.3, -0.25) is 39.0 Å². The molecule has 4 rings (SSSR count). The second-order valence-corrected chi connectivity index (χ2v) is 7.69. The number of carbonyl (C=O) groups is 6. The van der Waals surface area contributed by atoms with Crippen LogP contribution in [0, 0.1) is 0 Å². The number of unbranched alkanes of at least 4 members (excludes halogenated alkanes) is 1. The van der Waals surface area contributed by atoms with Crippen molar-refractivity contribution in [3.63, 3.8) is 0 Å². The Hall–Kier alpha value is -4.34. The molecule has 2 heterocycles. The first kappa shape index (κ1) is 21.9. The van der Waals surface area contributed by atoms with Crippen molar-refractivity contribution in [1.29, 1.82) is 0 Å². The molecule has 6 amide bonds. The third-order valence-corrected chi connectivity index (χ3v) is 5.52. The Balaban J connectivity index is 1.21. The third-order valence-electron chi connectivity index (χ3n) is 5.52. The van der Waals surface area contributed by atoms with Gasteiger partial charge in [-0.1, -0.05) is 0 Å². The van der Waals surface area contributed by atoms with Gasteiger partial charge in [0.05, 0.1) is 22.3 Å². The van der Waals surface area contributed by atoms with E-state index in [0.29, 0.717) is 25.9 Å². The Morgan fingerprint density at radius 1 is 0.727 bits per heavy atom. The molecule has 2 aromatic rings. The van der Waals surface area contributed by atoms with Gasteiger partial charge in [0.25, 0.3) is 35.4 Å². The third kappa shape index (κ3) is 4.10. The van der Waals surface area contributed by atoms with Crippen LogP contribution in [0.4, 0.5) is 0 Å². The van der Waals surface area contributed by atoms with Crippen LogP contribution >= 0.6 is 0 Å². The number of carbonyl (C=O) groups excluding carboxylic acids is 6. The Morgan fingerprint density at radius 3 is 1.82 bits per heavy atom. The molecule has 0 saturated carbocycles. The first-order valence-electron chi connectivity index (χ1n) is 10.3. The number of nitrogens with zero attached hydrogens (tertiary/aromatic N) is 1. The minimum absolute atomic E-state index is 0.180. The molecule has 2 aliphatic rings. The van der Waals surface area contributed by atoms with Gasteiger partial charge < -0.3 is 10.6 Å². The van der Waals surface area contributed by atoms with Crippen molar-refractivity contribution in [3.8, 4) is 0 Å². The maximum atomic E-state index is 12.3. The van der Waals surface area contributed by atoms with Gasteiger partial charge in [0.15, 0.2) is 0 Å². The fraction of sp³-hybridized carbons (Fsp3) is 0.217. The van der Waals surface area contributed by atoms with E-state index in [0.717, 1.165) is 4.90 Å². The van der Waals surface area contributed by atoms with Gasteiger partial charge in [-0.15, -0.1) is 0 Å². The molecule has 2 aromatic carbocycles. The summed E-state index contributed by atoms with van der Waals surface area (Å²) in [7, 11) is 1.39. The number of rotatable bonds is 7. The van der Waals surface area contributed by atoms with Gasteiger partial charge in [-0.05, 0) is 49.2 Å². The topological polar surface area (TPSA) is 142 Å². The van der Waals surface area contributed by atoms with Crippen molar-refractivity contribution in [2.75, 3.05) is 20.1 Å². The first-order chi connectivity index (χ1) is 15.8. The number of hydrogen-bond donors (Lipinski definition) is 3. The summed E-state index contributed by atoms with van der Waals surface area (Å²) in [5, 5.41) is 7.66. The Bertz CT molecular complexity index is 1240. The highest BCUT2D eigenvalue weighted by molar-refractivity contribution is 6.22. The normalized spacial score (nSPS) is 14.2. The Labute approximate surface area is 188 Å². The van der Waals surface area contributed by atoms with Gasteiger partial charge in [0, 0.05) is 31.3 Å². The zero-order valence-corrected chi connectivity index (χ0v) is 17.7. The van der Waals surface area contributed by atoms with Crippen LogP contribution < -0.4 is 16.0 Å². The van der Waals surface area contributed by atoms with Gasteiger partial charge in [0.2, 0.25) is 0 Å². The quantitative estimate of drug-likeness (QED) is 0.421. The first-order valence-corrected chi connectivity index (χ1v) is 10.3. The van der Waals surface area contributed by atoms with E-state index < -0.39 is 17.7 Å². The maximum absolute atomic E-state index is 12.3. The average molecular weight is 448 g/mol. The van der Waals surface area contributed by atoms with E-state index in [4.69, 9.17) is 0 Å². The van der Waals surface area contributed by atoms with Crippen LogP contribution in [0.2, 0.25) is 0 Å². The zero-order valence-electron chi connectivity index (χ0n) is 17.7. The molecule has 0 atom stereocenters. The van der Waals surface area contributed by atoms with E-state index in [9.17, 15) is 28.8 Å². The van der Waals surface area contributed by atoms with Gasteiger partial charge in [-0.2, -0.15) is 0 Å². The average Bonchev–Trinajstić information content (AvgIpc) is 3.22. The molecule has 0 saturated heterocycles. The number of fused-ring (bicyclic) bond motifs is 2. The highest BCUT2D eigenvalue weighted by Crippen LogP contribution is 2.22. The molecule has 33 heavy (non-hydrogen) atoms. The van der Waals surface area contributed by atoms with E-state index in [1.807, 2.05) is 0 Å². The SMILES string of the molecule is CN1C(=O)c2ccc(C(=O)NCCCCNC(=O)c3ccc4c(c3)C(=O)NC4=O)cc2C1=O. The number of benzene rings is 2. The molecule has 0 aliphatic carbocycles. The molecule has 10 heteroatoms. The summed E-state index contributed by atoms with van der Waals surface area (Å²) in [6, 6.07) is 8.71. The molecule has 0 aromatic heterocycles. The van der Waals surface area contributed by atoms with Crippen molar-refractivity contribution in [1.82, 2.24) is 20.9 Å². The lowest BCUT2D eigenvalue weighted by Crippen LogP contribution is -2.27. The van der Waals surface area contributed by atoms with Gasteiger partial charge >= 0.3 is 0 Å². The van der Waals surface area contributed by atoms with Crippen LogP contribution in [0.5, 0.6) is 0 Å². The smallest absolute Gasteiger partial charge is 0.261 e. The summed E-state index contributed by atoms with van der Waals surface area (Å²) in [4.78, 5) is 72.9. The highest BCUT2D eigenvalue weighted by atomic mass is 16.2. The lowest BCUT2D eigenvalue weighted by atomic mass is 10.1. The standard InChI is InChI=1S/C23H20N4O6/c1-27-22(32)15-7-5-13(11-17(15)23(27)33)19(29)25-9-3-2-8-24-18(28)12-4-6-14-16(10-12)21(31)26-20(14)30/h4-7,10-11H,2-3,8-9H2,1H3,(H,24,28)(H,25,29)(H,26,30,31). The summed E-state index contributed by atoms with van der Waals surface area (Å²) in [6.45, 7) is 0.721. The number of nitrogens with one attached hydrogen (secondary N) is 3. The lowest BCUT2D eigenvalue weighted by molar-refractivity contribution is 0.0691. The molecule has 0 fully saturated rings. The molecular formula is C23H20N4O6. The molecule has 0 spiro atoms. The van der Waals surface area contributed by atoms with Crippen LogP contribution in [0.1, 0.15) is 75.0 Å². The summed E-state index contributed by atoms with van der Waals surface area (Å²) >= 11 is 0. The van der Waals surface area contributed by atoms with Crippen molar-refractivity contribution in [2.24, 2.45) is 0 Å². The minimum atomic E-state index is -0.522. The van der Waals surface area contributed by atoms with Crippen molar-refractivity contribution in [2.45, 2.75) is 12.8 Å². The molecule has 0 unspecified atom stereocenters. The van der Waals surface area contributed by atoms with Crippen LogP contribution in [0.3, 0.4) is 0 Å². The molecule has 10 nitrogen and oxygen atoms in total. The Morgan fingerprint density at radius 2 is 1.21 bits per heavy atom. The zero-order chi connectivity index (χ0) is 23.7. The summed E-state index contributed by atoms with van der Waals surface area (Å²) < 4.78 is 0. The fourth-order valence-corrected chi connectivity index (χ4v) is 3.67. The summed E-state index contributed by atoms with van der Waals surface area (Å²) in [6.07, 6.45) is 1.19. The van der Waals surface area contributed by atoms with Crippen LogP contribution in [-0.4, -0.2) is 60.5 Å². The van der Waals surface area contributed by atoms with Crippen molar-refractivity contribution in [3.05, 3.63) is 69.8 Å². The number of hydrogen-bond acceptors (Lipinski definition) is 6. The molecule has 0 bridgehead atoms. The van der Waals surface area contributed by atoms with E-state index in [-0.39, 0.29) is 51.1 Å². The highest BCUT2D eigenvalue weighted by Gasteiger charge is 2.33. The fourth-order valence-electron chi connectivity index (χ4n) is 3.67. The van der Waals surface area contributed by atoms with Gasteiger partial charge in [0.1, 0.15) is 0 Å². The summed E-state index contributed by atoms with van der Waals surface area (Å²) in [5.74, 6) is -2.54. The predicted molar refractivity (Wildman–Crippen MR) is 115 cm³/mol. The second-order valence-electron chi connectivity index (χ2n) is 7.69. The molecular weight excluding hydrogens is 428 g/mol. The molecule has 2 aliphatic heterocycles. The van der Waals surface area contributed by atoms with E-state index in [1.54, 1.807) is 0 Å². The van der Waals surface area contributed by atoms with Crippen LogP contribution in [0.15, 0.2) is 36.4 Å². The monoisotopic (exact) mass is 448 g/mol. The van der Waals surface area contributed by atoms with E-state index in [1.165, 1.54) is 43.4 Å². The predicted octanol–water partition coefficient (Wildman–Crippen LogP) is 0.736. The Kier molecular flexibility index (Phi) is 5.74. The van der Waals surface area contributed by atoms with Crippen LogP contribution in [-0.2, 0) is 0 Å². The largest absolute Gasteiger partial charge is 0.352 e. The number of amides is 6. The number of imide groups is 2. The lowest BCUT2D eigenvalue weighted by Gasteiger charge is -2.08. The minimum Gasteiger partial charge on any atom is -0.352 e. The molecule has 0 radical (unpaired) electrons.